The molecule has 1 aromatic carbocycles. The third-order valence-corrected chi connectivity index (χ3v) is 7.31. The molecule has 1 amide bonds. The molecule has 1 aliphatic rings. The van der Waals surface area contributed by atoms with E-state index in [0.29, 0.717) is 28.8 Å². The van der Waals surface area contributed by atoms with E-state index in [1.54, 1.807) is 35.0 Å². The van der Waals surface area contributed by atoms with Gasteiger partial charge in [0.15, 0.2) is 9.84 Å². The molecule has 33 heavy (non-hydrogen) atoms. The summed E-state index contributed by atoms with van der Waals surface area (Å²) in [7, 11) is -3.03. The fourth-order valence-corrected chi connectivity index (χ4v) is 5.47. The number of aromatic nitrogens is 4. The second-order valence-electron chi connectivity index (χ2n) is 7.87. The van der Waals surface area contributed by atoms with Crippen LogP contribution in [0, 0.1) is 6.92 Å². The predicted molar refractivity (Wildman–Crippen MR) is 123 cm³/mol. The maximum atomic E-state index is 12.7. The Kier molecular flexibility index (Phi) is 6.63. The Hall–Kier alpha value is -3.02. The second kappa shape index (κ2) is 9.46. The maximum absolute atomic E-state index is 12.7. The van der Waals surface area contributed by atoms with Gasteiger partial charge in [-0.25, -0.2) is 18.4 Å². The molecule has 0 saturated carbocycles. The van der Waals surface area contributed by atoms with Crippen LogP contribution in [0.3, 0.4) is 0 Å². The first-order valence-corrected chi connectivity index (χ1v) is 12.5. The van der Waals surface area contributed by atoms with Gasteiger partial charge in [-0.05, 0) is 31.0 Å². The average Bonchev–Trinajstić information content (AvgIpc) is 3.39. The number of aliphatic hydroxyl groups excluding tert-OH is 1. The highest BCUT2D eigenvalue weighted by Crippen LogP contribution is 2.20. The van der Waals surface area contributed by atoms with E-state index in [1.165, 1.54) is 12.5 Å². The number of imidazole rings is 1. The number of hydrogen-bond donors (Lipinski definition) is 3. The van der Waals surface area contributed by atoms with Gasteiger partial charge in [-0.3, -0.25) is 9.36 Å². The van der Waals surface area contributed by atoms with Crippen LogP contribution >= 0.6 is 11.6 Å². The molecule has 4 rings (SSSR count). The number of sulfone groups is 1. The molecule has 0 bridgehead atoms. The predicted octanol–water partition coefficient (Wildman–Crippen LogP) is 1.69. The van der Waals surface area contributed by atoms with Gasteiger partial charge in [-0.15, -0.1) is 0 Å². The molecular weight excluding hydrogens is 468 g/mol. The number of aryl methyl sites for hydroxylation is 1. The summed E-state index contributed by atoms with van der Waals surface area (Å²) in [5, 5.41) is 16.0. The van der Waals surface area contributed by atoms with Crippen molar-refractivity contribution in [1.29, 1.82) is 0 Å². The number of aliphatic hydroxyl groups is 1. The number of benzene rings is 1. The van der Waals surface area contributed by atoms with E-state index in [0.717, 1.165) is 5.56 Å². The molecule has 2 aromatic heterocycles. The summed E-state index contributed by atoms with van der Waals surface area (Å²) in [5.74, 6) is 0.544. The molecule has 12 heteroatoms. The van der Waals surface area contributed by atoms with Crippen LogP contribution < -0.4 is 10.6 Å². The van der Waals surface area contributed by atoms with E-state index in [2.05, 4.69) is 25.6 Å². The number of carbonyl (C=O) groups is 1. The van der Waals surface area contributed by atoms with E-state index >= 15 is 0 Å². The minimum Gasteiger partial charge on any atom is -0.394 e. The number of rotatable bonds is 7. The molecule has 3 aromatic rings. The zero-order valence-electron chi connectivity index (χ0n) is 17.8. The van der Waals surface area contributed by atoms with Gasteiger partial charge in [0.1, 0.15) is 17.8 Å². The lowest BCUT2D eigenvalue weighted by Gasteiger charge is -2.16. The highest BCUT2D eigenvalue weighted by atomic mass is 35.5. The van der Waals surface area contributed by atoms with Gasteiger partial charge < -0.3 is 15.7 Å². The van der Waals surface area contributed by atoms with E-state index in [1.807, 2.05) is 6.92 Å². The zero-order chi connectivity index (χ0) is 23.6. The number of carbonyl (C=O) groups excluding carboxylic acids is 1. The molecule has 0 spiro atoms. The molecule has 1 aliphatic heterocycles. The van der Waals surface area contributed by atoms with Gasteiger partial charge in [-0.1, -0.05) is 23.7 Å². The van der Waals surface area contributed by atoms with Crippen LogP contribution in [0.5, 0.6) is 0 Å². The Morgan fingerprint density at radius 3 is 2.88 bits per heavy atom. The third-order valence-electron chi connectivity index (χ3n) is 5.31. The summed E-state index contributed by atoms with van der Waals surface area (Å²) in [6, 6.07) is 6.01. The van der Waals surface area contributed by atoms with E-state index < -0.39 is 21.8 Å². The molecule has 3 N–H and O–H groups in total. The Labute approximate surface area is 196 Å². The van der Waals surface area contributed by atoms with Crippen LogP contribution in [0.25, 0.3) is 5.82 Å². The summed E-state index contributed by atoms with van der Waals surface area (Å²) in [6.07, 6.45) is 5.11. The Morgan fingerprint density at radius 2 is 2.18 bits per heavy atom. The van der Waals surface area contributed by atoms with E-state index in [9.17, 15) is 18.3 Å². The van der Waals surface area contributed by atoms with Crippen molar-refractivity contribution in [3.63, 3.8) is 0 Å². The Bertz CT molecular complexity index is 1280. The van der Waals surface area contributed by atoms with Gasteiger partial charge in [0.2, 0.25) is 5.95 Å². The van der Waals surface area contributed by atoms with Gasteiger partial charge >= 0.3 is 0 Å². The number of halogens is 1. The molecular formula is C21H23ClN6O4S. The largest absolute Gasteiger partial charge is 0.394 e. The monoisotopic (exact) mass is 490 g/mol. The molecule has 1 fully saturated rings. The van der Waals surface area contributed by atoms with Crippen LogP contribution in [0.15, 0.2) is 43.0 Å². The topological polar surface area (TPSA) is 139 Å². The molecule has 10 nitrogen and oxygen atoms in total. The number of nitrogens with zero attached hydrogens (tertiary/aromatic N) is 4. The van der Waals surface area contributed by atoms with Crippen molar-refractivity contribution in [1.82, 2.24) is 24.8 Å². The lowest BCUT2D eigenvalue weighted by atomic mass is 10.1. The lowest BCUT2D eigenvalue weighted by Crippen LogP contribution is -2.31. The summed E-state index contributed by atoms with van der Waals surface area (Å²) in [5.41, 5.74) is 1.56. The van der Waals surface area contributed by atoms with Crippen molar-refractivity contribution < 1.29 is 18.3 Å². The van der Waals surface area contributed by atoms with Crippen molar-refractivity contribution >= 4 is 33.3 Å². The number of nitrogens with one attached hydrogen (secondary N) is 2. The first kappa shape index (κ1) is 23.1. The Morgan fingerprint density at radius 1 is 1.36 bits per heavy atom. The average molecular weight is 491 g/mol. The van der Waals surface area contributed by atoms with Crippen molar-refractivity contribution in [2.24, 2.45) is 0 Å². The number of hydrogen-bond acceptors (Lipinski definition) is 8. The van der Waals surface area contributed by atoms with Crippen molar-refractivity contribution in [2.75, 3.05) is 23.4 Å². The minimum atomic E-state index is -3.03. The molecule has 1 unspecified atom stereocenters. The van der Waals surface area contributed by atoms with Crippen LogP contribution in [0.4, 0.5) is 5.95 Å². The van der Waals surface area contributed by atoms with Crippen molar-refractivity contribution in [3.05, 3.63) is 64.8 Å². The second-order valence-corrected chi connectivity index (χ2v) is 10.5. The molecule has 174 valence electrons. The van der Waals surface area contributed by atoms with Crippen molar-refractivity contribution in [2.45, 2.75) is 25.4 Å². The highest BCUT2D eigenvalue weighted by Gasteiger charge is 2.28. The lowest BCUT2D eigenvalue weighted by molar-refractivity contribution is 0.0911. The fourth-order valence-electron chi connectivity index (χ4n) is 3.60. The van der Waals surface area contributed by atoms with E-state index in [4.69, 9.17) is 11.6 Å². The smallest absolute Gasteiger partial charge is 0.272 e. The summed E-state index contributed by atoms with van der Waals surface area (Å²) in [6.45, 7) is 1.52. The van der Waals surface area contributed by atoms with Crippen LogP contribution in [0.2, 0.25) is 5.02 Å². The van der Waals surface area contributed by atoms with Gasteiger partial charge in [0, 0.05) is 29.0 Å². The van der Waals surface area contributed by atoms with Crippen LogP contribution in [-0.2, 0) is 9.84 Å². The minimum absolute atomic E-state index is 0.0492. The maximum Gasteiger partial charge on any atom is 0.272 e. The molecule has 0 aliphatic carbocycles. The standard InChI is InChI=1S/C21H23ClN6O4S/c1-13-8-23-21(25-16-5-6-33(31,32)11-16)27-19(13)28-9-17(24-12-28)20(30)26-18(10-29)14-3-2-4-15(22)7-14/h2-4,7-9,12,16,18,29H,5-6,10-11H2,1H3,(H,26,30)(H,23,25,27)/t16?,18-/m1/s1. The summed E-state index contributed by atoms with van der Waals surface area (Å²) < 4.78 is 25.0. The quantitative estimate of drug-likeness (QED) is 0.454. The van der Waals surface area contributed by atoms with Crippen LogP contribution in [-0.4, -0.2) is 63.1 Å². The highest BCUT2D eigenvalue weighted by molar-refractivity contribution is 7.91. The summed E-state index contributed by atoms with van der Waals surface area (Å²) >= 11 is 6.01. The zero-order valence-corrected chi connectivity index (χ0v) is 19.3. The summed E-state index contributed by atoms with van der Waals surface area (Å²) in [4.78, 5) is 25.6. The first-order valence-electron chi connectivity index (χ1n) is 10.3. The SMILES string of the molecule is Cc1cnc(NC2CCS(=O)(=O)C2)nc1-n1cnc(C(=O)N[C@H](CO)c2cccc(Cl)c2)c1. The van der Waals surface area contributed by atoms with Gasteiger partial charge in [0.05, 0.1) is 24.2 Å². The Balaban J connectivity index is 1.50. The molecule has 3 heterocycles. The van der Waals surface area contributed by atoms with Crippen molar-refractivity contribution in [3.8, 4) is 5.82 Å². The van der Waals surface area contributed by atoms with E-state index in [-0.39, 0.29) is 29.8 Å². The van der Waals surface area contributed by atoms with Gasteiger partial charge in [-0.2, -0.15) is 4.98 Å². The third kappa shape index (κ3) is 5.49. The first-order chi connectivity index (χ1) is 15.7. The molecule has 1 saturated heterocycles. The van der Waals surface area contributed by atoms with Gasteiger partial charge in [0.25, 0.3) is 5.91 Å². The normalized spacial score (nSPS) is 18.1. The fraction of sp³-hybridized carbons (Fsp3) is 0.333. The number of amides is 1. The molecule has 0 radical (unpaired) electrons. The number of anilines is 1. The molecule has 2 atom stereocenters. The van der Waals surface area contributed by atoms with Crippen LogP contribution in [0.1, 0.15) is 34.1 Å².